The molecule has 0 saturated heterocycles. The van der Waals surface area contributed by atoms with Crippen LogP contribution in [-0.4, -0.2) is 36.2 Å². The van der Waals surface area contributed by atoms with Crippen LogP contribution in [0.5, 0.6) is 0 Å². The molecule has 0 fully saturated rings. The number of para-hydroxylation sites is 6. The highest BCUT2D eigenvalue weighted by molar-refractivity contribution is 5.84. The predicted octanol–water partition coefficient (Wildman–Crippen LogP) is 21.9. The molecule has 12 aromatic rings. The Kier molecular flexibility index (Phi) is 24.5. The second kappa shape index (κ2) is 34.9. The average Bonchev–Trinajstić information content (AvgIpc) is 0.903. The maximum atomic E-state index is 11.0. The summed E-state index contributed by atoms with van der Waals surface area (Å²) >= 11 is 0. The zero-order chi connectivity index (χ0) is 66.7. The molecule has 0 amide bonds. The van der Waals surface area contributed by atoms with E-state index in [4.69, 9.17) is 9.84 Å². The summed E-state index contributed by atoms with van der Waals surface area (Å²) in [6, 6.07) is 116. The molecule has 12 rings (SSSR count). The highest BCUT2D eigenvalue weighted by atomic mass is 16.6. The Morgan fingerprint density at radius 2 is 0.469 bits per heavy atom. The van der Waals surface area contributed by atoms with Crippen molar-refractivity contribution >= 4 is 86.2 Å². The van der Waals surface area contributed by atoms with Crippen LogP contribution in [0.3, 0.4) is 0 Å². The topological polar surface area (TPSA) is 103 Å². The van der Waals surface area contributed by atoms with Crippen molar-refractivity contribution in [2.75, 3.05) is 32.8 Å². The smallest absolute Gasteiger partial charge is 0.310 e. The highest BCUT2D eigenvalue weighted by Gasteiger charge is 2.18. The van der Waals surface area contributed by atoms with Crippen molar-refractivity contribution in [3.05, 3.63) is 339 Å². The minimum Gasteiger partial charge on any atom is -0.466 e. The van der Waals surface area contributed by atoms with Gasteiger partial charge in [-0.15, -0.1) is 0 Å². The van der Waals surface area contributed by atoms with Crippen molar-refractivity contribution in [1.29, 1.82) is 0 Å². The van der Waals surface area contributed by atoms with Gasteiger partial charge in [0, 0.05) is 95.6 Å². The Morgan fingerprint density at radius 3 is 0.667 bits per heavy atom. The lowest BCUT2D eigenvalue weighted by molar-refractivity contribution is -0.156. The van der Waals surface area contributed by atoms with Gasteiger partial charge in [-0.2, -0.15) is 0 Å². The number of hydrogen-bond acceptors (Lipinski definition) is 10. The average molecular weight is 1270 g/mol. The molecule has 0 radical (unpaired) electrons. The van der Waals surface area contributed by atoms with Crippen LogP contribution >= 0.6 is 0 Å². The van der Waals surface area contributed by atoms with Crippen LogP contribution in [0.1, 0.15) is 57.6 Å². The lowest BCUT2D eigenvalue weighted by atomic mass is 10.0. The standard InChI is InChI=1S/C42H38N2O2.C40H36N2O.C4H6O3/c1-33(45)46-32-12-11-13-34-20-26-40(27-21-34)44(39-18-9-4-10-19-39)42-30-24-36(25-31-42)35-22-28-41(29-23-35)43(37-14-5-2-6-15-37)38-16-7-3-8-17-38;43-31-11-10-12-32-19-25-38(26-20-32)42(37-17-8-3-9-18-37)40-29-23-34(24-30-40)33-21-27-39(28-22-33)41(35-13-4-1-5-14-35)36-15-6-2-7-16-36;1-3(5)7-4(2)6/h2-10,14-31H,11-13,32H2,1H3;1-9,13-30,43H,10-12,31H2;1-2H3. The van der Waals surface area contributed by atoms with E-state index in [1.54, 1.807) is 0 Å². The van der Waals surface area contributed by atoms with Gasteiger partial charge in [-0.25, -0.2) is 0 Å². The van der Waals surface area contributed by atoms with Crippen molar-refractivity contribution in [3.8, 4) is 22.3 Å². The van der Waals surface area contributed by atoms with E-state index in [-0.39, 0.29) is 12.6 Å². The van der Waals surface area contributed by atoms with Crippen LogP contribution < -0.4 is 19.6 Å². The fraction of sp³-hybridized carbons (Fsp3) is 0.128. The molecule has 0 unspecified atom stereocenters. The van der Waals surface area contributed by atoms with Crippen LogP contribution in [0.15, 0.2) is 328 Å². The first kappa shape index (κ1) is 67.3. The quantitative estimate of drug-likeness (QED) is 0.0378. The van der Waals surface area contributed by atoms with Gasteiger partial charge in [0.2, 0.25) is 0 Å². The number of aliphatic hydroxyl groups is 1. The molecule has 1 N–H and O–H groups in total. The van der Waals surface area contributed by atoms with Gasteiger partial charge in [0.15, 0.2) is 0 Å². The Labute approximate surface area is 565 Å². The monoisotopic (exact) mass is 1260 g/mol. The summed E-state index contributed by atoms with van der Waals surface area (Å²) < 4.78 is 9.04. The van der Waals surface area contributed by atoms with Gasteiger partial charge in [0.1, 0.15) is 0 Å². The SMILES string of the molecule is CC(=O)OC(C)=O.CC(=O)OCCCCc1ccc(N(c2ccccc2)c2ccc(-c3ccc(N(c4ccccc4)c4ccccc4)cc3)cc2)cc1.OCCCCc1ccc(N(c2ccccc2)c2ccc(-c3ccc(N(c4ccccc4)c4ccccc4)cc3)cc2)cc1. The van der Waals surface area contributed by atoms with E-state index in [1.165, 1.54) is 54.2 Å². The van der Waals surface area contributed by atoms with E-state index in [9.17, 15) is 14.4 Å². The Hall–Kier alpha value is -11.6. The third kappa shape index (κ3) is 19.0. The van der Waals surface area contributed by atoms with Gasteiger partial charge in [0.05, 0.1) is 6.61 Å². The molecule has 0 atom stereocenters. The molecule has 10 nitrogen and oxygen atoms in total. The Bertz CT molecular complexity index is 4190. The minimum atomic E-state index is -0.562. The maximum absolute atomic E-state index is 11.0. The second-order valence-electron chi connectivity index (χ2n) is 22.9. The van der Waals surface area contributed by atoms with E-state index >= 15 is 0 Å². The summed E-state index contributed by atoms with van der Waals surface area (Å²) in [6.45, 7) is 4.55. The minimum absolute atomic E-state index is 0.217. The van der Waals surface area contributed by atoms with Crippen LogP contribution in [0.25, 0.3) is 22.3 Å². The van der Waals surface area contributed by atoms with Gasteiger partial charge in [-0.05, 0) is 217 Å². The number of nitrogens with zero attached hydrogens (tertiary/aromatic N) is 4. The first-order chi connectivity index (χ1) is 47.1. The van der Waals surface area contributed by atoms with Crippen molar-refractivity contribution in [2.45, 2.75) is 59.3 Å². The number of anilines is 12. The summed E-state index contributed by atoms with van der Waals surface area (Å²) in [4.78, 5) is 39.8. The number of carbonyl (C=O) groups excluding carboxylic acids is 3. The molecule has 10 heteroatoms. The van der Waals surface area contributed by atoms with Gasteiger partial charge >= 0.3 is 17.9 Å². The van der Waals surface area contributed by atoms with Crippen LogP contribution in [0.2, 0.25) is 0 Å². The number of ether oxygens (including phenoxy) is 2. The van der Waals surface area contributed by atoms with Gasteiger partial charge in [-0.3, -0.25) is 14.4 Å². The van der Waals surface area contributed by atoms with E-state index in [0.29, 0.717) is 6.61 Å². The lowest BCUT2D eigenvalue weighted by Gasteiger charge is -2.26. The van der Waals surface area contributed by atoms with Gasteiger partial charge in [-0.1, -0.05) is 182 Å². The molecule has 0 spiro atoms. The molecule has 12 aromatic carbocycles. The number of benzene rings is 12. The van der Waals surface area contributed by atoms with Gasteiger partial charge in [0.25, 0.3) is 0 Å². The molecular weight excluding hydrogens is 1180 g/mol. The molecule has 0 heterocycles. The lowest BCUT2D eigenvalue weighted by Crippen LogP contribution is -2.10. The normalized spacial score (nSPS) is 10.5. The second-order valence-corrected chi connectivity index (χ2v) is 22.9. The number of aryl methyl sites for hydroxylation is 2. The van der Waals surface area contributed by atoms with Crippen LogP contribution in [0, 0.1) is 0 Å². The Balaban J connectivity index is 0.000000190. The molecular formula is C86H80N4O6. The molecule has 0 bridgehead atoms. The first-order valence-electron chi connectivity index (χ1n) is 32.6. The zero-order valence-electron chi connectivity index (χ0n) is 54.6. The number of unbranched alkanes of at least 4 members (excludes halogenated alkanes) is 2. The van der Waals surface area contributed by atoms with E-state index in [1.807, 2.05) is 18.2 Å². The molecule has 0 aliphatic rings. The summed E-state index contributed by atoms with van der Waals surface area (Å²) in [5, 5.41) is 9.12. The fourth-order valence-corrected chi connectivity index (χ4v) is 11.4. The summed E-state index contributed by atoms with van der Waals surface area (Å²) in [5.41, 5.74) is 20.7. The highest BCUT2D eigenvalue weighted by Crippen LogP contribution is 2.41. The fourth-order valence-electron chi connectivity index (χ4n) is 11.4. The number of carbonyl (C=O) groups is 3. The van der Waals surface area contributed by atoms with Crippen molar-refractivity contribution < 1.29 is 29.0 Å². The van der Waals surface area contributed by atoms with Crippen LogP contribution in [0.4, 0.5) is 68.2 Å². The third-order valence-electron chi connectivity index (χ3n) is 16.0. The zero-order valence-corrected chi connectivity index (χ0v) is 54.6. The summed E-state index contributed by atoms with van der Waals surface area (Å²) in [5.74, 6) is -1.34. The largest absolute Gasteiger partial charge is 0.466 e. The number of rotatable bonds is 23. The predicted molar refractivity (Wildman–Crippen MR) is 395 cm³/mol. The number of hydrogen-bond donors (Lipinski definition) is 1. The van der Waals surface area contributed by atoms with E-state index in [2.05, 4.69) is 334 Å². The first-order valence-corrected chi connectivity index (χ1v) is 32.6. The van der Waals surface area contributed by atoms with Crippen molar-refractivity contribution in [2.24, 2.45) is 0 Å². The van der Waals surface area contributed by atoms with E-state index in [0.717, 1.165) is 107 Å². The molecule has 96 heavy (non-hydrogen) atoms. The molecule has 0 saturated carbocycles. The summed E-state index contributed by atoms with van der Waals surface area (Å²) in [7, 11) is 0. The van der Waals surface area contributed by atoms with E-state index < -0.39 is 11.9 Å². The molecule has 0 aliphatic heterocycles. The van der Waals surface area contributed by atoms with Crippen molar-refractivity contribution in [1.82, 2.24) is 0 Å². The van der Waals surface area contributed by atoms with Gasteiger partial charge < -0.3 is 34.2 Å². The number of esters is 3. The number of aliphatic hydroxyl groups excluding tert-OH is 1. The summed E-state index contributed by atoms with van der Waals surface area (Å²) in [6.07, 6.45) is 5.62. The molecule has 0 aliphatic carbocycles. The maximum Gasteiger partial charge on any atom is 0.310 e. The molecule has 0 aromatic heterocycles. The van der Waals surface area contributed by atoms with Crippen molar-refractivity contribution in [3.63, 3.8) is 0 Å². The third-order valence-corrected chi connectivity index (χ3v) is 16.0. The molecule has 480 valence electrons. The Morgan fingerprint density at radius 1 is 0.260 bits per heavy atom. The van der Waals surface area contributed by atoms with Crippen LogP contribution in [-0.2, 0) is 36.7 Å².